The largest absolute Gasteiger partial charge is 0.493 e. The number of rotatable bonds is 6. The van der Waals surface area contributed by atoms with Gasteiger partial charge in [0, 0.05) is 31.5 Å². The normalized spacial score (nSPS) is 10.6. The van der Waals surface area contributed by atoms with Gasteiger partial charge in [-0.15, -0.1) is 5.10 Å². The Hall–Kier alpha value is -2.96. The van der Waals surface area contributed by atoms with Gasteiger partial charge in [0.25, 0.3) is 0 Å². The van der Waals surface area contributed by atoms with Crippen molar-refractivity contribution in [2.45, 2.75) is 6.54 Å². The molecule has 0 amide bonds. The molecule has 0 atom stereocenters. The summed E-state index contributed by atoms with van der Waals surface area (Å²) in [6.07, 6.45) is 4.01. The Morgan fingerprint density at radius 1 is 1.13 bits per heavy atom. The average Bonchev–Trinajstić information content (AvgIpc) is 3.21. The van der Waals surface area contributed by atoms with Gasteiger partial charge in [-0.3, -0.25) is 0 Å². The molecule has 3 aromatic rings. The summed E-state index contributed by atoms with van der Waals surface area (Å²) < 4.78 is 18.1. The van der Waals surface area contributed by atoms with Gasteiger partial charge >= 0.3 is 6.01 Å². The highest BCUT2D eigenvalue weighted by molar-refractivity contribution is 5.60. The van der Waals surface area contributed by atoms with Crippen LogP contribution in [-0.2, 0) is 13.6 Å². The van der Waals surface area contributed by atoms with Gasteiger partial charge in [-0.25, -0.2) is 0 Å². The van der Waals surface area contributed by atoms with Crippen molar-refractivity contribution in [3.8, 4) is 23.0 Å². The van der Waals surface area contributed by atoms with E-state index in [0.29, 0.717) is 29.9 Å². The molecule has 1 aromatic carbocycles. The summed E-state index contributed by atoms with van der Waals surface area (Å²) in [6, 6.07) is 7.84. The topological polar surface area (TPSA) is 74.3 Å². The van der Waals surface area contributed by atoms with Gasteiger partial charge in [-0.1, -0.05) is 5.10 Å². The third-order valence-electron chi connectivity index (χ3n) is 3.39. The first-order chi connectivity index (χ1) is 11.2. The maximum absolute atomic E-state index is 5.63. The quantitative estimate of drug-likeness (QED) is 0.754. The van der Waals surface area contributed by atoms with E-state index in [-0.39, 0.29) is 0 Å². The van der Waals surface area contributed by atoms with Gasteiger partial charge < -0.3 is 23.8 Å². The van der Waals surface area contributed by atoms with Crippen molar-refractivity contribution in [2.24, 2.45) is 7.05 Å². The molecule has 23 heavy (non-hydrogen) atoms. The summed E-state index contributed by atoms with van der Waals surface area (Å²) in [7, 11) is 5.16. The van der Waals surface area contributed by atoms with Gasteiger partial charge in [0.05, 0.1) is 14.2 Å². The first-order valence-electron chi connectivity index (χ1n) is 7.10. The molecule has 0 aliphatic heterocycles. The molecule has 2 aromatic heterocycles. The molecule has 1 N–H and O–H groups in total. The number of benzene rings is 1. The average molecular weight is 314 g/mol. The highest BCUT2D eigenvalue weighted by Gasteiger charge is 2.12. The lowest BCUT2D eigenvalue weighted by molar-refractivity contribution is 0.355. The number of hydrogen-bond acceptors (Lipinski definition) is 6. The SMILES string of the molecule is COc1ccc(-c2nnc(NCc3ccn(C)c3)o2)cc1OC. The summed E-state index contributed by atoms with van der Waals surface area (Å²) in [6.45, 7) is 0.619. The number of anilines is 1. The van der Waals surface area contributed by atoms with Gasteiger partial charge in [-0.2, -0.15) is 0 Å². The highest BCUT2D eigenvalue weighted by Crippen LogP contribution is 2.32. The molecule has 0 spiro atoms. The molecule has 0 radical (unpaired) electrons. The molecular formula is C16H18N4O3. The van der Waals surface area contributed by atoms with E-state index in [1.807, 2.05) is 36.1 Å². The lowest BCUT2D eigenvalue weighted by Crippen LogP contribution is -1.98. The Balaban J connectivity index is 1.73. The van der Waals surface area contributed by atoms with Crippen LogP contribution in [0.5, 0.6) is 11.5 Å². The van der Waals surface area contributed by atoms with Crippen LogP contribution in [0.4, 0.5) is 6.01 Å². The molecule has 0 aliphatic rings. The fourth-order valence-electron chi connectivity index (χ4n) is 2.22. The van der Waals surface area contributed by atoms with E-state index < -0.39 is 0 Å². The van der Waals surface area contributed by atoms with Crippen molar-refractivity contribution in [1.82, 2.24) is 14.8 Å². The van der Waals surface area contributed by atoms with Crippen molar-refractivity contribution in [3.05, 3.63) is 42.2 Å². The van der Waals surface area contributed by atoms with Crippen LogP contribution in [0.3, 0.4) is 0 Å². The summed E-state index contributed by atoms with van der Waals surface area (Å²) in [5, 5.41) is 11.2. The lowest BCUT2D eigenvalue weighted by atomic mass is 10.2. The fraction of sp³-hybridized carbons (Fsp3) is 0.250. The van der Waals surface area contributed by atoms with E-state index in [2.05, 4.69) is 15.5 Å². The minimum absolute atomic E-state index is 0.374. The van der Waals surface area contributed by atoms with Crippen LogP contribution in [0.25, 0.3) is 11.5 Å². The smallest absolute Gasteiger partial charge is 0.316 e. The Kier molecular flexibility index (Phi) is 4.18. The number of nitrogens with one attached hydrogen (secondary N) is 1. The molecule has 0 bridgehead atoms. The Bertz CT molecular complexity index is 794. The number of aromatic nitrogens is 3. The molecule has 0 fully saturated rings. The number of nitrogens with zero attached hydrogens (tertiary/aromatic N) is 3. The van der Waals surface area contributed by atoms with Gasteiger partial charge in [0.2, 0.25) is 5.89 Å². The Morgan fingerprint density at radius 3 is 2.65 bits per heavy atom. The molecule has 2 heterocycles. The number of hydrogen-bond donors (Lipinski definition) is 1. The van der Waals surface area contributed by atoms with Crippen LogP contribution in [0, 0.1) is 0 Å². The lowest BCUT2D eigenvalue weighted by Gasteiger charge is -2.07. The van der Waals surface area contributed by atoms with Crippen molar-refractivity contribution in [3.63, 3.8) is 0 Å². The summed E-state index contributed by atoms with van der Waals surface area (Å²) >= 11 is 0. The second-order valence-corrected chi connectivity index (χ2v) is 5.02. The zero-order chi connectivity index (χ0) is 16.2. The van der Waals surface area contributed by atoms with Gasteiger partial charge in [0.15, 0.2) is 11.5 Å². The first kappa shape index (κ1) is 15.0. The fourth-order valence-corrected chi connectivity index (χ4v) is 2.22. The van der Waals surface area contributed by atoms with Gasteiger partial charge in [-0.05, 0) is 29.8 Å². The number of ether oxygens (including phenoxy) is 2. The van der Waals surface area contributed by atoms with Crippen LogP contribution in [0.1, 0.15) is 5.56 Å². The van der Waals surface area contributed by atoms with Crippen LogP contribution in [0.2, 0.25) is 0 Å². The number of methoxy groups -OCH3 is 2. The first-order valence-corrected chi connectivity index (χ1v) is 7.10. The third kappa shape index (κ3) is 3.28. The van der Waals surface area contributed by atoms with Crippen LogP contribution >= 0.6 is 0 Å². The maximum Gasteiger partial charge on any atom is 0.316 e. The second kappa shape index (κ2) is 6.43. The molecule has 120 valence electrons. The van der Waals surface area contributed by atoms with E-state index in [1.165, 1.54) is 0 Å². The second-order valence-electron chi connectivity index (χ2n) is 5.02. The van der Waals surface area contributed by atoms with E-state index in [0.717, 1.165) is 11.1 Å². The zero-order valence-electron chi connectivity index (χ0n) is 13.2. The van der Waals surface area contributed by atoms with Gasteiger partial charge in [0.1, 0.15) is 0 Å². The Morgan fingerprint density at radius 2 is 1.96 bits per heavy atom. The van der Waals surface area contributed by atoms with Crippen LogP contribution < -0.4 is 14.8 Å². The van der Waals surface area contributed by atoms with Crippen molar-refractivity contribution < 1.29 is 13.9 Å². The molecule has 7 heteroatoms. The monoisotopic (exact) mass is 314 g/mol. The molecule has 0 unspecified atom stereocenters. The van der Waals surface area contributed by atoms with Crippen molar-refractivity contribution in [1.29, 1.82) is 0 Å². The highest BCUT2D eigenvalue weighted by atomic mass is 16.5. The summed E-state index contributed by atoms with van der Waals surface area (Å²) in [5.74, 6) is 1.68. The summed E-state index contributed by atoms with van der Waals surface area (Å²) in [4.78, 5) is 0. The molecule has 0 aliphatic carbocycles. The number of aryl methyl sites for hydroxylation is 1. The Labute approximate surface area is 133 Å². The van der Waals surface area contributed by atoms with Crippen LogP contribution in [-0.4, -0.2) is 29.0 Å². The van der Waals surface area contributed by atoms with Crippen LogP contribution in [0.15, 0.2) is 41.1 Å². The standard InChI is InChI=1S/C16H18N4O3/c1-20-7-6-11(10-20)9-17-16-19-18-15(23-16)12-4-5-13(21-2)14(8-12)22-3/h4-8,10H,9H2,1-3H3,(H,17,19). The predicted octanol–water partition coefficient (Wildman–Crippen LogP) is 2.70. The third-order valence-corrected chi connectivity index (χ3v) is 3.39. The van der Waals surface area contributed by atoms with E-state index in [4.69, 9.17) is 13.9 Å². The predicted molar refractivity (Wildman–Crippen MR) is 85.6 cm³/mol. The van der Waals surface area contributed by atoms with E-state index in [1.54, 1.807) is 26.4 Å². The minimum atomic E-state index is 0.374. The maximum atomic E-state index is 5.63. The molecule has 3 rings (SSSR count). The molecule has 7 nitrogen and oxygen atoms in total. The molecule has 0 saturated carbocycles. The van der Waals surface area contributed by atoms with E-state index in [9.17, 15) is 0 Å². The summed E-state index contributed by atoms with van der Waals surface area (Å²) in [5.41, 5.74) is 1.90. The minimum Gasteiger partial charge on any atom is -0.493 e. The zero-order valence-corrected chi connectivity index (χ0v) is 13.2. The van der Waals surface area contributed by atoms with Crippen molar-refractivity contribution >= 4 is 6.01 Å². The molecule has 0 saturated heterocycles. The van der Waals surface area contributed by atoms with Crippen molar-refractivity contribution in [2.75, 3.05) is 19.5 Å². The molecular weight excluding hydrogens is 296 g/mol. The van der Waals surface area contributed by atoms with E-state index >= 15 is 0 Å².